The molecule has 0 fully saturated rings. The largest absolute Gasteiger partial charge is 0.488 e. The van der Waals surface area contributed by atoms with Crippen molar-refractivity contribution < 1.29 is 27.8 Å². The molecule has 1 N–H and O–H groups in total. The summed E-state index contributed by atoms with van der Waals surface area (Å²) in [4.78, 5) is 12.6. The van der Waals surface area contributed by atoms with Gasteiger partial charge in [0, 0.05) is 13.1 Å². The van der Waals surface area contributed by atoms with Crippen LogP contribution < -0.4 is 4.74 Å². The molecule has 0 aliphatic carbocycles. The first-order valence-corrected chi connectivity index (χ1v) is 16.0. The molecule has 0 bridgehead atoms. The zero-order valence-corrected chi connectivity index (χ0v) is 27.1. The summed E-state index contributed by atoms with van der Waals surface area (Å²) in [5, 5.41) is 18.6. The summed E-state index contributed by atoms with van der Waals surface area (Å²) < 4.78 is 41.5. The highest BCUT2D eigenvalue weighted by molar-refractivity contribution is 14.1. The van der Waals surface area contributed by atoms with Gasteiger partial charge in [0.2, 0.25) is 10.0 Å². The highest BCUT2D eigenvalue weighted by Gasteiger charge is 2.51. The molecule has 0 amide bonds. The summed E-state index contributed by atoms with van der Waals surface area (Å²) in [6.07, 6.45) is 1.44. The summed E-state index contributed by atoms with van der Waals surface area (Å²) in [6.45, 7) is 12.2. The van der Waals surface area contributed by atoms with Crippen LogP contribution in [0.2, 0.25) is 0 Å². The smallest absolute Gasteiger partial charge is 0.313 e. The van der Waals surface area contributed by atoms with Crippen molar-refractivity contribution in [3.05, 3.63) is 71.0 Å². The van der Waals surface area contributed by atoms with Gasteiger partial charge < -0.3 is 14.6 Å². The minimum Gasteiger partial charge on any atom is -0.488 e. The van der Waals surface area contributed by atoms with Gasteiger partial charge in [-0.25, -0.2) is 8.42 Å². The van der Waals surface area contributed by atoms with Crippen molar-refractivity contribution in [1.29, 1.82) is 0 Å². The molecule has 0 saturated carbocycles. The summed E-state index contributed by atoms with van der Waals surface area (Å²) in [5.41, 5.74) is 1.45. The fourth-order valence-electron chi connectivity index (χ4n) is 4.72. The van der Waals surface area contributed by atoms with E-state index in [1.165, 1.54) is 4.31 Å². The molecule has 2 aromatic carbocycles. The molecule has 0 saturated heterocycles. The average Bonchev–Trinajstić information content (AvgIpc) is 3.30. The number of carboxylic acids is 1. The van der Waals surface area contributed by atoms with Crippen LogP contribution in [-0.2, 0) is 42.9 Å². The second-order valence-electron chi connectivity index (χ2n) is 11.5. The first-order valence-electron chi connectivity index (χ1n) is 13.5. The number of carbonyl (C=O) groups is 1. The van der Waals surface area contributed by atoms with Gasteiger partial charge in [0.1, 0.15) is 27.9 Å². The second kappa shape index (κ2) is 12.0. The van der Waals surface area contributed by atoms with Gasteiger partial charge >= 0.3 is 5.97 Å². The Kier molecular flexibility index (Phi) is 9.17. The number of halogens is 1. The molecule has 1 aliphatic heterocycles. The second-order valence-corrected chi connectivity index (χ2v) is 14.9. The Labute approximate surface area is 255 Å². The van der Waals surface area contributed by atoms with Crippen LogP contribution in [0.5, 0.6) is 5.75 Å². The highest BCUT2D eigenvalue weighted by atomic mass is 127. The van der Waals surface area contributed by atoms with E-state index in [9.17, 15) is 18.3 Å². The van der Waals surface area contributed by atoms with Crippen molar-refractivity contribution in [1.82, 2.24) is 19.3 Å². The molecule has 1 aromatic heterocycles. The maximum absolute atomic E-state index is 13.7. The van der Waals surface area contributed by atoms with Crippen LogP contribution in [0.4, 0.5) is 0 Å². The number of benzene rings is 2. The molecule has 0 spiro atoms. The predicted molar refractivity (Wildman–Crippen MR) is 162 cm³/mol. The number of ether oxygens (including phenoxy) is 2. The van der Waals surface area contributed by atoms with E-state index in [-0.39, 0.29) is 30.7 Å². The molecule has 2 heterocycles. The van der Waals surface area contributed by atoms with Crippen molar-refractivity contribution >= 4 is 38.6 Å². The van der Waals surface area contributed by atoms with Crippen LogP contribution >= 0.6 is 22.6 Å². The molecule has 3 aromatic rings. The first-order chi connectivity index (χ1) is 19.1. The van der Waals surface area contributed by atoms with Gasteiger partial charge in [-0.3, -0.25) is 9.48 Å². The number of rotatable bonds is 10. The highest BCUT2D eigenvalue weighted by Crippen LogP contribution is 2.50. The molecule has 222 valence electrons. The molecule has 12 heteroatoms. The minimum atomic E-state index is -3.85. The van der Waals surface area contributed by atoms with E-state index in [0.717, 1.165) is 11.1 Å². The average molecular weight is 697 g/mol. The number of alkyl halides is 1. The number of aromatic nitrogens is 3. The summed E-state index contributed by atoms with van der Waals surface area (Å²) >= 11 is 2.06. The Balaban J connectivity index is 1.69. The van der Waals surface area contributed by atoms with E-state index in [1.54, 1.807) is 49.0 Å². The van der Waals surface area contributed by atoms with E-state index in [1.807, 2.05) is 32.0 Å². The number of nitrogens with zero attached hydrogens (tertiary/aromatic N) is 4. The quantitative estimate of drug-likeness (QED) is 0.229. The van der Waals surface area contributed by atoms with Crippen molar-refractivity contribution in [2.75, 3.05) is 6.54 Å². The van der Waals surface area contributed by atoms with Gasteiger partial charge in [0.15, 0.2) is 3.61 Å². The molecule has 2 atom stereocenters. The van der Waals surface area contributed by atoms with Crippen molar-refractivity contribution in [3.8, 4) is 5.75 Å². The monoisotopic (exact) mass is 696 g/mol. The number of para-hydroxylation sites is 1. The van der Waals surface area contributed by atoms with Crippen LogP contribution in [0.25, 0.3) is 0 Å². The van der Waals surface area contributed by atoms with Crippen molar-refractivity contribution in [3.63, 3.8) is 0 Å². The Morgan fingerprint density at radius 1 is 1.24 bits per heavy atom. The Morgan fingerprint density at radius 3 is 2.63 bits per heavy atom. The molecule has 41 heavy (non-hydrogen) atoms. The predicted octanol–water partition coefficient (Wildman–Crippen LogP) is 5.13. The van der Waals surface area contributed by atoms with Gasteiger partial charge in [-0.1, -0.05) is 49.4 Å². The van der Waals surface area contributed by atoms with Crippen LogP contribution in [0.15, 0.2) is 53.6 Å². The number of hydrogen-bond acceptors (Lipinski definition) is 7. The third-order valence-electron chi connectivity index (χ3n) is 7.22. The van der Waals surface area contributed by atoms with E-state index in [0.29, 0.717) is 29.5 Å². The van der Waals surface area contributed by atoms with Gasteiger partial charge in [0.05, 0.1) is 19.3 Å². The van der Waals surface area contributed by atoms with Crippen LogP contribution in [0, 0.1) is 18.3 Å². The molecular weight excluding hydrogens is 659 g/mol. The number of aryl methyl sites for hydroxylation is 1. The number of carboxylic acid groups (broad SMARTS) is 1. The topological polar surface area (TPSA) is 124 Å². The lowest BCUT2D eigenvalue weighted by atomic mass is 9.81. The Hall–Kier alpha value is -2.55. The van der Waals surface area contributed by atoms with E-state index >= 15 is 0 Å². The molecule has 1 aliphatic rings. The van der Waals surface area contributed by atoms with Crippen molar-refractivity contribution in [2.45, 2.75) is 75.8 Å². The number of sulfonamides is 1. The van der Waals surface area contributed by atoms with Crippen molar-refractivity contribution in [2.24, 2.45) is 11.3 Å². The fraction of sp³-hybridized carbons (Fsp3) is 0.483. The summed E-state index contributed by atoms with van der Waals surface area (Å²) in [5.74, 6) is -0.307. The third-order valence-corrected chi connectivity index (χ3v) is 11.4. The SMILES string of the molecule is Cc1ccc([C@@](I)(OCc2cn(CC(C)C)nn2)C(C)(C)C(=O)O)cc1CN1C[C@@H](C)Oc2ccccc2S1(=O)=O. The van der Waals surface area contributed by atoms with Gasteiger partial charge in [-0.15, -0.1) is 5.10 Å². The van der Waals surface area contributed by atoms with Crippen LogP contribution in [0.3, 0.4) is 0 Å². The minimum absolute atomic E-state index is 0.0487. The lowest BCUT2D eigenvalue weighted by molar-refractivity contribution is -0.160. The first kappa shape index (κ1) is 31.4. The van der Waals surface area contributed by atoms with Gasteiger partial charge in [-0.2, -0.15) is 4.31 Å². The van der Waals surface area contributed by atoms with E-state index in [4.69, 9.17) is 9.47 Å². The standard InChI is InChI=1S/C29H37IN4O6S/c1-19(2)14-33-17-24(31-32-33)18-39-29(30,28(5,6)27(35)36)23-12-11-20(3)22(13-23)16-34-15-21(4)40-25-9-7-8-10-26(25)41(34,37)38/h7-13,17,19,21H,14-16,18H2,1-6H3,(H,35,36)/t21-,29-/m1/s1. The fourth-order valence-corrected chi connectivity index (χ4v) is 7.06. The van der Waals surface area contributed by atoms with Crippen LogP contribution in [0.1, 0.15) is 57.0 Å². The lowest BCUT2D eigenvalue weighted by Crippen LogP contribution is -2.45. The van der Waals surface area contributed by atoms with Gasteiger partial charge in [0.25, 0.3) is 0 Å². The number of fused-ring (bicyclic) bond motifs is 1. The van der Waals surface area contributed by atoms with E-state index < -0.39 is 25.0 Å². The molecule has 0 radical (unpaired) electrons. The van der Waals surface area contributed by atoms with E-state index in [2.05, 4.69) is 46.8 Å². The summed E-state index contributed by atoms with van der Waals surface area (Å²) in [6, 6.07) is 12.2. The zero-order chi connectivity index (χ0) is 30.2. The third kappa shape index (κ3) is 6.45. The molecule has 10 nitrogen and oxygen atoms in total. The number of hydrogen-bond donors (Lipinski definition) is 1. The normalized spacial score (nSPS) is 18.8. The molecular formula is C29H37IN4O6S. The van der Waals surface area contributed by atoms with Gasteiger partial charge in [-0.05, 0) is 85.0 Å². The summed E-state index contributed by atoms with van der Waals surface area (Å²) in [7, 11) is -3.85. The maximum Gasteiger partial charge on any atom is 0.313 e. The van der Waals surface area contributed by atoms with Crippen LogP contribution in [-0.4, -0.2) is 51.4 Å². The zero-order valence-electron chi connectivity index (χ0n) is 24.2. The molecule has 0 unspecified atom stereocenters. The lowest BCUT2D eigenvalue weighted by Gasteiger charge is -2.40. The number of aliphatic carboxylic acids is 1. The molecule has 4 rings (SSSR count). The Bertz CT molecular complexity index is 1520. The maximum atomic E-state index is 13.7. The Morgan fingerprint density at radius 2 is 1.95 bits per heavy atom.